The van der Waals surface area contributed by atoms with Crippen LogP contribution < -0.4 is 15.4 Å². The van der Waals surface area contributed by atoms with Crippen LogP contribution in [0, 0.1) is 5.92 Å². The molecular formula is C37H47N3O8. The lowest BCUT2D eigenvalue weighted by Gasteiger charge is -2.28. The van der Waals surface area contributed by atoms with Gasteiger partial charge in [0.2, 0.25) is 5.91 Å². The third kappa shape index (κ3) is 10.2. The van der Waals surface area contributed by atoms with Crippen molar-refractivity contribution >= 4 is 12.0 Å². The molecule has 2 amide bonds. The Bertz CT molecular complexity index is 1430. The maximum Gasteiger partial charge on any atom is 0.407 e. The Labute approximate surface area is 281 Å². The van der Waals surface area contributed by atoms with Crippen molar-refractivity contribution in [3.8, 4) is 5.75 Å². The molecule has 0 unspecified atom stereocenters. The molecule has 5 rings (SSSR count). The Morgan fingerprint density at radius 3 is 2.38 bits per heavy atom. The first kappa shape index (κ1) is 35.3. The molecule has 11 nitrogen and oxygen atoms in total. The lowest BCUT2D eigenvalue weighted by Crippen LogP contribution is -2.47. The monoisotopic (exact) mass is 661 g/mol. The van der Waals surface area contributed by atoms with Gasteiger partial charge >= 0.3 is 6.09 Å². The van der Waals surface area contributed by atoms with Crippen molar-refractivity contribution in [2.75, 3.05) is 52.7 Å². The van der Waals surface area contributed by atoms with Crippen LogP contribution in [0.25, 0.3) is 0 Å². The topological polar surface area (TPSA) is 150 Å². The number of nitrogens with zero attached hydrogens (tertiary/aromatic N) is 1. The van der Waals surface area contributed by atoms with Gasteiger partial charge in [-0.1, -0.05) is 66.7 Å². The van der Waals surface area contributed by atoms with Gasteiger partial charge in [0, 0.05) is 32.0 Å². The summed E-state index contributed by atoms with van der Waals surface area (Å²) < 4.78 is 16.4. The number of aliphatic hydroxyl groups excluding tert-OH is 3. The van der Waals surface area contributed by atoms with E-state index in [-0.39, 0.29) is 25.5 Å². The quantitative estimate of drug-likeness (QED) is 0.156. The molecule has 3 aromatic rings. The van der Waals surface area contributed by atoms with Gasteiger partial charge in [0.15, 0.2) is 0 Å². The van der Waals surface area contributed by atoms with Crippen LogP contribution in [-0.2, 0) is 33.5 Å². The first-order chi connectivity index (χ1) is 23.4. The molecule has 258 valence electrons. The molecule has 1 heterocycles. The van der Waals surface area contributed by atoms with Gasteiger partial charge in [-0.3, -0.25) is 9.69 Å². The summed E-state index contributed by atoms with van der Waals surface area (Å²) in [5.41, 5.74) is 3.64. The molecule has 0 bridgehead atoms. The number of aliphatic hydroxyl groups is 3. The van der Waals surface area contributed by atoms with E-state index in [1.165, 1.54) is 0 Å². The fraction of sp³-hybridized carbons (Fsp3) is 0.459. The zero-order chi connectivity index (χ0) is 33.7. The van der Waals surface area contributed by atoms with E-state index in [2.05, 4.69) is 15.5 Å². The van der Waals surface area contributed by atoms with Crippen molar-refractivity contribution in [2.45, 2.75) is 50.0 Å². The first-order valence-electron chi connectivity index (χ1n) is 16.7. The zero-order valence-electron chi connectivity index (χ0n) is 27.2. The van der Waals surface area contributed by atoms with Gasteiger partial charge in [-0.25, -0.2) is 4.79 Å². The summed E-state index contributed by atoms with van der Waals surface area (Å²) in [5, 5.41) is 37.3. The molecule has 3 aromatic carbocycles. The van der Waals surface area contributed by atoms with Crippen LogP contribution >= 0.6 is 0 Å². The van der Waals surface area contributed by atoms with E-state index in [4.69, 9.17) is 19.3 Å². The summed E-state index contributed by atoms with van der Waals surface area (Å²) in [5.74, 6) is -0.268. The number of morpholine rings is 1. The second kappa shape index (κ2) is 18.0. The number of rotatable bonds is 16. The normalized spacial score (nSPS) is 19.5. The van der Waals surface area contributed by atoms with Gasteiger partial charge in [0.05, 0.1) is 44.1 Å². The van der Waals surface area contributed by atoms with Crippen molar-refractivity contribution in [3.05, 3.63) is 101 Å². The Morgan fingerprint density at radius 2 is 1.62 bits per heavy atom. The van der Waals surface area contributed by atoms with Crippen LogP contribution in [0.3, 0.4) is 0 Å². The maximum atomic E-state index is 14.0. The second-order valence-electron chi connectivity index (χ2n) is 12.4. The molecule has 2 aliphatic rings. The summed E-state index contributed by atoms with van der Waals surface area (Å²) in [7, 11) is 0. The summed E-state index contributed by atoms with van der Waals surface area (Å²) >= 11 is 0. The summed E-state index contributed by atoms with van der Waals surface area (Å²) in [6, 6.07) is 23.4. The standard InChI is InChI=1S/C37H47N3O8/c41-17-21-48-37(45)38-32(23-26-6-2-1-3-7-26)33(42)25-29(36(44)39-35-31-9-5-4-8-28(31)24-34(35)43)22-27-10-12-30(13-11-27)47-20-16-40-14-18-46-19-15-40/h1-13,29,32-35,41-43H,14-25H2,(H,38,45)(H,39,44)/t29-,32+,33+,34-,35+/m1/s1. The van der Waals surface area contributed by atoms with E-state index in [1.54, 1.807) is 0 Å². The molecule has 1 saturated heterocycles. The lowest BCUT2D eigenvalue weighted by molar-refractivity contribution is -0.127. The number of carbonyl (C=O) groups excluding carboxylic acids is 2. The van der Waals surface area contributed by atoms with Crippen molar-refractivity contribution in [1.29, 1.82) is 0 Å². The number of carbonyl (C=O) groups is 2. The van der Waals surface area contributed by atoms with E-state index >= 15 is 0 Å². The lowest BCUT2D eigenvalue weighted by atomic mass is 9.88. The third-order valence-electron chi connectivity index (χ3n) is 8.97. The molecule has 0 saturated carbocycles. The predicted octanol–water partition coefficient (Wildman–Crippen LogP) is 2.41. The second-order valence-corrected chi connectivity index (χ2v) is 12.4. The molecule has 0 aromatic heterocycles. The molecule has 5 atom stereocenters. The smallest absolute Gasteiger partial charge is 0.407 e. The number of hydrogen-bond acceptors (Lipinski definition) is 9. The van der Waals surface area contributed by atoms with Gasteiger partial charge < -0.3 is 40.2 Å². The van der Waals surface area contributed by atoms with Crippen LogP contribution in [-0.4, -0.2) is 103 Å². The number of ether oxygens (including phenoxy) is 3. The van der Waals surface area contributed by atoms with Crippen molar-refractivity contribution in [2.24, 2.45) is 5.92 Å². The Kier molecular flexibility index (Phi) is 13.2. The van der Waals surface area contributed by atoms with Crippen LogP contribution in [0.5, 0.6) is 5.75 Å². The molecule has 1 aliphatic carbocycles. The summed E-state index contributed by atoms with van der Waals surface area (Å²) in [4.78, 5) is 28.8. The van der Waals surface area contributed by atoms with Gasteiger partial charge in [-0.05, 0) is 53.6 Å². The fourth-order valence-corrected chi connectivity index (χ4v) is 6.36. The highest BCUT2D eigenvalue weighted by Crippen LogP contribution is 2.32. The van der Waals surface area contributed by atoms with Crippen LogP contribution in [0.1, 0.15) is 34.7 Å². The van der Waals surface area contributed by atoms with Crippen molar-refractivity contribution in [1.82, 2.24) is 15.5 Å². The van der Waals surface area contributed by atoms with Crippen LogP contribution in [0.15, 0.2) is 78.9 Å². The Hall–Kier alpha value is -4.00. The van der Waals surface area contributed by atoms with E-state index < -0.39 is 36.3 Å². The average Bonchev–Trinajstić information content (AvgIpc) is 3.42. The minimum absolute atomic E-state index is 0.0336. The van der Waals surface area contributed by atoms with E-state index in [9.17, 15) is 19.8 Å². The third-order valence-corrected chi connectivity index (χ3v) is 8.97. The zero-order valence-corrected chi connectivity index (χ0v) is 27.2. The summed E-state index contributed by atoms with van der Waals surface area (Å²) in [6.45, 7) is 4.13. The van der Waals surface area contributed by atoms with E-state index in [1.807, 2.05) is 78.9 Å². The molecule has 1 fully saturated rings. The number of hydrogen-bond donors (Lipinski definition) is 5. The highest BCUT2D eigenvalue weighted by atomic mass is 16.6. The largest absolute Gasteiger partial charge is 0.492 e. The number of amides is 2. The van der Waals surface area contributed by atoms with Crippen LogP contribution in [0.2, 0.25) is 0 Å². The number of benzene rings is 3. The van der Waals surface area contributed by atoms with Gasteiger partial charge in [0.1, 0.15) is 19.0 Å². The number of fused-ring (bicyclic) bond motifs is 1. The number of alkyl carbamates (subject to hydrolysis) is 1. The maximum absolute atomic E-state index is 14.0. The predicted molar refractivity (Wildman–Crippen MR) is 180 cm³/mol. The fourth-order valence-electron chi connectivity index (χ4n) is 6.36. The molecule has 5 N–H and O–H groups in total. The van der Waals surface area contributed by atoms with Gasteiger partial charge in [0.25, 0.3) is 0 Å². The van der Waals surface area contributed by atoms with Crippen molar-refractivity contribution < 1.29 is 39.1 Å². The molecule has 1 aliphatic heterocycles. The van der Waals surface area contributed by atoms with Crippen molar-refractivity contribution in [3.63, 3.8) is 0 Å². The number of nitrogens with one attached hydrogen (secondary N) is 2. The van der Waals surface area contributed by atoms with Gasteiger partial charge in [-0.2, -0.15) is 0 Å². The highest BCUT2D eigenvalue weighted by molar-refractivity contribution is 5.80. The van der Waals surface area contributed by atoms with E-state index in [0.717, 1.165) is 60.9 Å². The molecular weight excluding hydrogens is 614 g/mol. The molecule has 0 radical (unpaired) electrons. The SMILES string of the molecule is O=C(N[C@@H](Cc1ccccc1)[C@@H](O)C[C@@H](Cc1ccc(OCCN2CCOCC2)cc1)C(=O)N[C@H]1c2ccccc2C[C@H]1O)OCCO. The van der Waals surface area contributed by atoms with Crippen LogP contribution in [0.4, 0.5) is 4.79 Å². The summed E-state index contributed by atoms with van der Waals surface area (Å²) in [6.07, 6.45) is -1.55. The Morgan fingerprint density at radius 1 is 0.917 bits per heavy atom. The highest BCUT2D eigenvalue weighted by Gasteiger charge is 2.35. The molecule has 11 heteroatoms. The van der Waals surface area contributed by atoms with E-state index in [0.29, 0.717) is 25.9 Å². The molecule has 0 spiro atoms. The first-order valence-corrected chi connectivity index (χ1v) is 16.7. The Balaban J connectivity index is 1.29. The average molecular weight is 662 g/mol. The minimum atomic E-state index is -1.12. The molecule has 48 heavy (non-hydrogen) atoms. The minimum Gasteiger partial charge on any atom is -0.492 e. The van der Waals surface area contributed by atoms with Gasteiger partial charge in [-0.15, -0.1) is 0 Å².